The maximum atomic E-state index is 12.1. The molecule has 1 N–H and O–H groups in total. The van der Waals surface area contributed by atoms with Gasteiger partial charge in [0.2, 0.25) is 15.9 Å². The Kier molecular flexibility index (Phi) is 5.49. The first-order valence-corrected chi connectivity index (χ1v) is 8.66. The van der Waals surface area contributed by atoms with E-state index in [1.807, 2.05) is 13.8 Å². The molecule has 22 heavy (non-hydrogen) atoms. The number of carbonyl (C=O) groups is 1. The van der Waals surface area contributed by atoms with Crippen LogP contribution in [0.5, 0.6) is 0 Å². The van der Waals surface area contributed by atoms with Gasteiger partial charge in [-0.1, -0.05) is 13.8 Å². The number of pyridine rings is 1. The van der Waals surface area contributed by atoms with Crippen LogP contribution >= 0.6 is 0 Å². The summed E-state index contributed by atoms with van der Waals surface area (Å²) in [5.74, 6) is 0.301. The number of hydrogen-bond acceptors (Lipinski definition) is 5. The maximum Gasteiger partial charge on any atom is 0.248 e. The summed E-state index contributed by atoms with van der Waals surface area (Å²) in [6.07, 6.45) is 2.46. The first kappa shape index (κ1) is 16.9. The number of hydrogen-bond donors (Lipinski definition) is 1. The molecule has 1 aliphatic heterocycles. The zero-order valence-corrected chi connectivity index (χ0v) is 13.5. The number of carbonyl (C=O) groups excluding carboxylic acids is 1. The van der Waals surface area contributed by atoms with Gasteiger partial charge in [-0.2, -0.15) is 0 Å². The Morgan fingerprint density at radius 1 is 1.50 bits per heavy atom. The molecule has 0 aliphatic carbocycles. The van der Waals surface area contributed by atoms with E-state index in [9.17, 15) is 13.2 Å². The van der Waals surface area contributed by atoms with Crippen molar-refractivity contribution in [1.29, 1.82) is 0 Å². The third-order valence-corrected chi connectivity index (χ3v) is 4.66. The van der Waals surface area contributed by atoms with E-state index in [-0.39, 0.29) is 30.1 Å². The minimum absolute atomic E-state index is 0.00793. The molecule has 1 amide bonds. The van der Waals surface area contributed by atoms with Gasteiger partial charge in [-0.15, -0.1) is 0 Å². The molecule has 0 saturated carbocycles. The molecule has 122 valence electrons. The Hall–Kier alpha value is -1.51. The molecular weight excluding hydrogens is 306 g/mol. The summed E-state index contributed by atoms with van der Waals surface area (Å²) in [7, 11) is -3.61. The van der Waals surface area contributed by atoms with Crippen molar-refractivity contribution in [3.63, 3.8) is 0 Å². The van der Waals surface area contributed by atoms with Crippen LogP contribution in [-0.2, 0) is 19.6 Å². The fourth-order valence-electron chi connectivity index (χ4n) is 2.21. The van der Waals surface area contributed by atoms with Crippen LogP contribution in [0, 0.1) is 5.92 Å². The first-order valence-electron chi connectivity index (χ1n) is 7.17. The average Bonchev–Trinajstić information content (AvgIpc) is 2.48. The highest BCUT2D eigenvalue weighted by atomic mass is 32.2. The van der Waals surface area contributed by atoms with Gasteiger partial charge < -0.3 is 9.64 Å². The van der Waals surface area contributed by atoms with E-state index in [2.05, 4.69) is 9.71 Å². The van der Waals surface area contributed by atoms with E-state index in [0.717, 1.165) is 0 Å². The van der Waals surface area contributed by atoms with Gasteiger partial charge in [0, 0.05) is 32.0 Å². The van der Waals surface area contributed by atoms with Crippen LogP contribution in [0.4, 0.5) is 0 Å². The van der Waals surface area contributed by atoms with Crippen LogP contribution in [0.2, 0.25) is 0 Å². The quantitative estimate of drug-likeness (QED) is 0.809. The van der Waals surface area contributed by atoms with Crippen LogP contribution in [-0.4, -0.2) is 56.6 Å². The lowest BCUT2D eigenvalue weighted by molar-refractivity contribution is -0.149. The second kappa shape index (κ2) is 7.17. The van der Waals surface area contributed by atoms with Gasteiger partial charge in [0.15, 0.2) is 0 Å². The zero-order valence-electron chi connectivity index (χ0n) is 12.7. The van der Waals surface area contributed by atoms with Crippen molar-refractivity contribution in [1.82, 2.24) is 14.6 Å². The molecule has 1 unspecified atom stereocenters. The predicted molar refractivity (Wildman–Crippen MR) is 80.6 cm³/mol. The maximum absolute atomic E-state index is 12.1. The van der Waals surface area contributed by atoms with Crippen LogP contribution in [0.25, 0.3) is 0 Å². The predicted octanol–water partition coefficient (Wildman–Crippen LogP) is 0.243. The molecule has 0 bridgehead atoms. The Bertz CT molecular complexity index is 604. The van der Waals surface area contributed by atoms with Crippen LogP contribution < -0.4 is 4.72 Å². The van der Waals surface area contributed by atoms with E-state index in [4.69, 9.17) is 4.74 Å². The van der Waals surface area contributed by atoms with Crippen LogP contribution in [0.3, 0.4) is 0 Å². The van der Waals surface area contributed by atoms with E-state index in [1.165, 1.54) is 18.5 Å². The molecule has 1 aliphatic rings. The number of morpholine rings is 1. The topological polar surface area (TPSA) is 88.6 Å². The normalized spacial score (nSPS) is 19.7. The van der Waals surface area contributed by atoms with Gasteiger partial charge in [0.05, 0.1) is 6.10 Å². The van der Waals surface area contributed by atoms with Gasteiger partial charge in [-0.05, 0) is 18.1 Å². The number of ether oxygens (including phenoxy) is 1. The third-order valence-electron chi connectivity index (χ3n) is 3.25. The minimum atomic E-state index is -3.61. The monoisotopic (exact) mass is 327 g/mol. The van der Waals surface area contributed by atoms with Crippen molar-refractivity contribution < 1.29 is 17.9 Å². The smallest absolute Gasteiger partial charge is 0.248 e. The summed E-state index contributed by atoms with van der Waals surface area (Å²) >= 11 is 0. The molecule has 7 nitrogen and oxygen atoms in total. The summed E-state index contributed by atoms with van der Waals surface area (Å²) in [6, 6.07) is 3.04. The molecule has 2 heterocycles. The summed E-state index contributed by atoms with van der Waals surface area (Å²) in [6.45, 7) is 5.22. The fourth-order valence-corrected chi connectivity index (χ4v) is 3.24. The van der Waals surface area contributed by atoms with Crippen molar-refractivity contribution in [3.8, 4) is 0 Å². The third kappa shape index (κ3) is 4.49. The van der Waals surface area contributed by atoms with Crippen LogP contribution in [0.15, 0.2) is 29.4 Å². The van der Waals surface area contributed by atoms with Crippen molar-refractivity contribution in [2.24, 2.45) is 5.92 Å². The van der Waals surface area contributed by atoms with E-state index in [0.29, 0.717) is 19.0 Å². The van der Waals surface area contributed by atoms with E-state index >= 15 is 0 Å². The number of rotatable bonds is 6. The molecule has 0 aromatic carbocycles. The second-order valence-electron chi connectivity index (χ2n) is 5.67. The summed E-state index contributed by atoms with van der Waals surface area (Å²) < 4.78 is 32.1. The van der Waals surface area contributed by atoms with Crippen molar-refractivity contribution >= 4 is 15.9 Å². The molecule has 0 spiro atoms. The first-order chi connectivity index (χ1) is 10.4. The Morgan fingerprint density at radius 2 is 2.27 bits per heavy atom. The lowest BCUT2D eigenvalue weighted by atomic mass is 10.2. The number of nitrogens with zero attached hydrogens (tertiary/aromatic N) is 2. The molecule has 8 heteroatoms. The van der Waals surface area contributed by atoms with Gasteiger partial charge in [0.25, 0.3) is 0 Å². The second-order valence-corrected chi connectivity index (χ2v) is 7.43. The standard InChI is InChI=1S/C14H21N3O4S/c1-11(2)8-17-9-12(21-10-14(17)18)6-16-22(19,20)13-4-3-5-15-7-13/h3-5,7,11-12,16H,6,8-10H2,1-2H3. The molecular formula is C14H21N3O4S. The number of aromatic nitrogens is 1. The Labute approximate surface area is 130 Å². The number of nitrogens with one attached hydrogen (secondary N) is 1. The van der Waals surface area contributed by atoms with Gasteiger partial charge in [-0.3, -0.25) is 9.78 Å². The Morgan fingerprint density at radius 3 is 2.91 bits per heavy atom. The fraction of sp³-hybridized carbons (Fsp3) is 0.571. The molecule has 1 saturated heterocycles. The summed E-state index contributed by atoms with van der Waals surface area (Å²) in [4.78, 5) is 17.4. The van der Waals surface area contributed by atoms with Gasteiger partial charge in [-0.25, -0.2) is 13.1 Å². The van der Waals surface area contributed by atoms with Gasteiger partial charge in [0.1, 0.15) is 11.5 Å². The highest BCUT2D eigenvalue weighted by molar-refractivity contribution is 7.89. The number of amides is 1. The van der Waals surface area contributed by atoms with Gasteiger partial charge >= 0.3 is 0 Å². The summed E-state index contributed by atoms with van der Waals surface area (Å²) in [5.41, 5.74) is 0. The van der Waals surface area contributed by atoms with Crippen molar-refractivity contribution in [2.45, 2.75) is 24.8 Å². The lowest BCUT2D eigenvalue weighted by Crippen LogP contribution is -2.51. The zero-order chi connectivity index (χ0) is 16.2. The summed E-state index contributed by atoms with van der Waals surface area (Å²) in [5, 5.41) is 0. The van der Waals surface area contributed by atoms with Crippen LogP contribution in [0.1, 0.15) is 13.8 Å². The minimum Gasteiger partial charge on any atom is -0.365 e. The largest absolute Gasteiger partial charge is 0.365 e. The molecule has 1 fully saturated rings. The van der Waals surface area contributed by atoms with Crippen molar-refractivity contribution in [2.75, 3.05) is 26.2 Å². The number of sulfonamides is 1. The highest BCUT2D eigenvalue weighted by Crippen LogP contribution is 2.10. The molecule has 2 rings (SSSR count). The van der Waals surface area contributed by atoms with Crippen molar-refractivity contribution in [3.05, 3.63) is 24.5 Å². The molecule has 1 aromatic rings. The molecule has 0 radical (unpaired) electrons. The Balaban J connectivity index is 1.93. The SMILES string of the molecule is CC(C)CN1CC(CNS(=O)(=O)c2cccnc2)OCC1=O. The lowest BCUT2D eigenvalue weighted by Gasteiger charge is -2.33. The highest BCUT2D eigenvalue weighted by Gasteiger charge is 2.27. The van der Waals surface area contributed by atoms with E-state index < -0.39 is 10.0 Å². The molecule has 1 atom stereocenters. The molecule has 1 aromatic heterocycles. The van der Waals surface area contributed by atoms with E-state index in [1.54, 1.807) is 11.0 Å². The average molecular weight is 327 g/mol.